The molecule has 0 aliphatic carbocycles. The third-order valence-electron chi connectivity index (χ3n) is 2.11. The van der Waals surface area contributed by atoms with Gasteiger partial charge in [-0.15, -0.1) is 0 Å². The third-order valence-corrected chi connectivity index (χ3v) is 2.11. The molecular formula is C9H7N3O2. The van der Waals surface area contributed by atoms with Crippen LogP contribution >= 0.6 is 0 Å². The Balaban J connectivity index is 3.00. The van der Waals surface area contributed by atoms with Crippen LogP contribution in [0.3, 0.4) is 0 Å². The molecule has 0 saturated heterocycles. The number of nitrogens with zero attached hydrogens (tertiary/aromatic N) is 2. The van der Waals surface area contributed by atoms with E-state index in [1.165, 1.54) is 6.33 Å². The average Bonchev–Trinajstić information content (AvgIpc) is 2.18. The van der Waals surface area contributed by atoms with Crippen LogP contribution in [0.25, 0.3) is 11.0 Å². The van der Waals surface area contributed by atoms with E-state index < -0.39 is 5.56 Å². The van der Waals surface area contributed by atoms with Crippen molar-refractivity contribution in [2.45, 2.75) is 6.92 Å². The van der Waals surface area contributed by atoms with Gasteiger partial charge in [-0.25, -0.2) is 9.97 Å². The van der Waals surface area contributed by atoms with Crippen LogP contribution in [-0.4, -0.2) is 21.2 Å². The summed E-state index contributed by atoms with van der Waals surface area (Å²) in [7, 11) is 0. The zero-order chi connectivity index (χ0) is 10.1. The summed E-state index contributed by atoms with van der Waals surface area (Å²) in [6.07, 6.45) is 3.46. The van der Waals surface area contributed by atoms with Crippen LogP contribution < -0.4 is 5.56 Å². The van der Waals surface area contributed by atoms with E-state index >= 15 is 0 Å². The topological polar surface area (TPSA) is 75.7 Å². The summed E-state index contributed by atoms with van der Waals surface area (Å²) in [6.45, 7) is 1.70. The predicted molar refractivity (Wildman–Crippen MR) is 50.3 cm³/mol. The average molecular weight is 189 g/mol. The van der Waals surface area contributed by atoms with E-state index in [-0.39, 0.29) is 5.56 Å². The van der Waals surface area contributed by atoms with E-state index in [4.69, 9.17) is 0 Å². The van der Waals surface area contributed by atoms with Crippen LogP contribution in [0.2, 0.25) is 0 Å². The second kappa shape index (κ2) is 3.02. The summed E-state index contributed by atoms with van der Waals surface area (Å²) in [4.78, 5) is 32.2. The molecule has 2 aromatic rings. The second-order valence-electron chi connectivity index (χ2n) is 2.90. The van der Waals surface area contributed by atoms with Crippen molar-refractivity contribution >= 4 is 17.3 Å². The summed E-state index contributed by atoms with van der Waals surface area (Å²) in [5.74, 6) is 0. The van der Waals surface area contributed by atoms with Gasteiger partial charge in [0.25, 0.3) is 5.56 Å². The Labute approximate surface area is 78.8 Å². The molecule has 0 atom stereocenters. The highest BCUT2D eigenvalue weighted by atomic mass is 16.1. The summed E-state index contributed by atoms with van der Waals surface area (Å²) < 4.78 is 0. The van der Waals surface area contributed by atoms with E-state index in [2.05, 4.69) is 15.0 Å². The fraction of sp³-hybridized carbons (Fsp3) is 0.111. The molecule has 2 heterocycles. The number of aryl methyl sites for hydroxylation is 1. The van der Waals surface area contributed by atoms with Crippen molar-refractivity contribution in [2.24, 2.45) is 0 Å². The Bertz CT molecular complexity index is 559. The first kappa shape index (κ1) is 8.55. The first-order valence-electron chi connectivity index (χ1n) is 4.02. The summed E-state index contributed by atoms with van der Waals surface area (Å²) >= 11 is 0. The molecule has 0 unspecified atom stereocenters. The van der Waals surface area contributed by atoms with Gasteiger partial charge in [-0.1, -0.05) is 0 Å². The molecule has 14 heavy (non-hydrogen) atoms. The number of nitrogens with one attached hydrogen (secondary N) is 1. The van der Waals surface area contributed by atoms with Gasteiger partial charge in [0.1, 0.15) is 12.0 Å². The fourth-order valence-electron chi connectivity index (χ4n) is 1.34. The zero-order valence-electron chi connectivity index (χ0n) is 7.44. The van der Waals surface area contributed by atoms with Gasteiger partial charge in [0, 0.05) is 11.6 Å². The van der Waals surface area contributed by atoms with Gasteiger partial charge < -0.3 is 4.98 Å². The Kier molecular flexibility index (Phi) is 1.85. The monoisotopic (exact) mass is 189 g/mol. The zero-order valence-corrected chi connectivity index (χ0v) is 7.44. The van der Waals surface area contributed by atoms with Gasteiger partial charge in [0.2, 0.25) is 0 Å². The molecule has 0 aliphatic heterocycles. The van der Waals surface area contributed by atoms with Crippen LogP contribution in [0.4, 0.5) is 0 Å². The minimum atomic E-state index is -0.413. The molecule has 2 rings (SSSR count). The largest absolute Gasteiger partial charge is 0.306 e. The maximum atomic E-state index is 11.3. The number of carbonyl (C=O) groups excluding carboxylic acids is 1. The molecule has 70 valence electrons. The van der Waals surface area contributed by atoms with Gasteiger partial charge >= 0.3 is 0 Å². The van der Waals surface area contributed by atoms with Crippen molar-refractivity contribution in [3.63, 3.8) is 0 Å². The lowest BCUT2D eigenvalue weighted by molar-refractivity contribution is 0.112. The Morgan fingerprint density at radius 2 is 2.29 bits per heavy atom. The lowest BCUT2D eigenvalue weighted by Crippen LogP contribution is -2.14. The van der Waals surface area contributed by atoms with Crippen molar-refractivity contribution in [3.8, 4) is 0 Å². The summed E-state index contributed by atoms with van der Waals surface area (Å²) in [5, 5.41) is 0.689. The van der Waals surface area contributed by atoms with Crippen molar-refractivity contribution in [3.05, 3.63) is 34.0 Å². The molecule has 0 aliphatic rings. The van der Waals surface area contributed by atoms with Gasteiger partial charge in [-0.2, -0.15) is 0 Å². The Morgan fingerprint density at radius 1 is 1.50 bits per heavy atom. The number of hydrogen-bond acceptors (Lipinski definition) is 4. The first-order valence-corrected chi connectivity index (χ1v) is 4.02. The molecule has 2 aromatic heterocycles. The van der Waals surface area contributed by atoms with Crippen molar-refractivity contribution in [1.82, 2.24) is 15.0 Å². The molecule has 0 spiro atoms. The number of fused-ring (bicyclic) bond motifs is 1. The fourth-order valence-corrected chi connectivity index (χ4v) is 1.34. The molecule has 0 radical (unpaired) electrons. The number of H-pyrrole nitrogens is 1. The van der Waals surface area contributed by atoms with E-state index in [0.717, 1.165) is 0 Å². The molecule has 0 amide bonds. The minimum absolute atomic E-state index is 0.132. The number of aromatic nitrogens is 3. The third kappa shape index (κ3) is 1.10. The van der Waals surface area contributed by atoms with E-state index in [1.54, 1.807) is 13.1 Å². The summed E-state index contributed by atoms with van der Waals surface area (Å²) in [5.41, 5.74) is 0.781. The molecular weight excluding hydrogens is 182 g/mol. The molecule has 0 bridgehead atoms. The lowest BCUT2D eigenvalue weighted by atomic mass is 10.1. The van der Waals surface area contributed by atoms with Crippen LogP contribution in [0.5, 0.6) is 0 Å². The highest BCUT2D eigenvalue weighted by Crippen LogP contribution is 2.12. The minimum Gasteiger partial charge on any atom is -0.306 e. The van der Waals surface area contributed by atoms with Gasteiger partial charge in [-0.05, 0) is 12.5 Å². The molecule has 1 N–H and O–H groups in total. The lowest BCUT2D eigenvalue weighted by Gasteiger charge is -2.01. The van der Waals surface area contributed by atoms with Crippen LogP contribution in [0.15, 0.2) is 17.3 Å². The van der Waals surface area contributed by atoms with E-state index in [9.17, 15) is 9.59 Å². The Morgan fingerprint density at radius 3 is 3.00 bits per heavy atom. The Hall–Kier alpha value is -2.04. The van der Waals surface area contributed by atoms with E-state index in [0.29, 0.717) is 22.9 Å². The van der Waals surface area contributed by atoms with Crippen molar-refractivity contribution < 1.29 is 4.79 Å². The van der Waals surface area contributed by atoms with Crippen molar-refractivity contribution in [2.75, 3.05) is 0 Å². The standard InChI is InChI=1S/C9H7N3O2/c1-5-6-2-10-4-11-8(6)12-9(14)7(5)3-13/h2-4H,1H3,(H,10,11,12,14). The highest BCUT2D eigenvalue weighted by Gasteiger charge is 2.07. The molecule has 0 saturated carbocycles. The van der Waals surface area contributed by atoms with Crippen LogP contribution in [-0.2, 0) is 0 Å². The number of pyridine rings is 1. The smallest absolute Gasteiger partial charge is 0.260 e. The normalized spacial score (nSPS) is 10.4. The summed E-state index contributed by atoms with van der Waals surface area (Å²) in [6, 6.07) is 0. The molecule has 0 fully saturated rings. The van der Waals surface area contributed by atoms with Crippen LogP contribution in [0.1, 0.15) is 15.9 Å². The van der Waals surface area contributed by atoms with Gasteiger partial charge in [0.05, 0.1) is 5.56 Å². The van der Waals surface area contributed by atoms with Gasteiger partial charge in [0.15, 0.2) is 6.29 Å². The second-order valence-corrected chi connectivity index (χ2v) is 2.90. The number of aromatic amines is 1. The molecule has 5 heteroatoms. The molecule has 5 nitrogen and oxygen atoms in total. The van der Waals surface area contributed by atoms with Gasteiger partial charge in [-0.3, -0.25) is 9.59 Å². The predicted octanol–water partition coefficient (Wildman–Crippen LogP) is 0.439. The number of carbonyl (C=O) groups is 1. The SMILES string of the molecule is Cc1c(C=O)c(=O)[nH]c2ncncc12. The number of hydrogen-bond donors (Lipinski definition) is 1. The van der Waals surface area contributed by atoms with Crippen molar-refractivity contribution in [1.29, 1.82) is 0 Å². The van der Waals surface area contributed by atoms with Crippen LogP contribution in [0, 0.1) is 6.92 Å². The van der Waals surface area contributed by atoms with E-state index in [1.807, 2.05) is 0 Å². The highest BCUT2D eigenvalue weighted by molar-refractivity contribution is 5.87. The number of rotatable bonds is 1. The first-order chi connectivity index (χ1) is 6.74. The number of aldehydes is 1. The maximum absolute atomic E-state index is 11.3. The quantitative estimate of drug-likeness (QED) is 0.660. The molecule has 0 aromatic carbocycles. The maximum Gasteiger partial charge on any atom is 0.260 e.